The van der Waals surface area contributed by atoms with Crippen molar-refractivity contribution in [1.29, 1.82) is 0 Å². The Hall–Kier alpha value is -1.98. The fourth-order valence-corrected chi connectivity index (χ4v) is 3.61. The van der Waals surface area contributed by atoms with E-state index in [0.717, 1.165) is 55.5 Å². The summed E-state index contributed by atoms with van der Waals surface area (Å²) < 4.78 is 43.5. The van der Waals surface area contributed by atoms with E-state index in [1.807, 2.05) is 11.9 Å². The molecule has 130 valence electrons. The van der Waals surface area contributed by atoms with Crippen LogP contribution in [0.25, 0.3) is 0 Å². The Bertz CT molecular complexity index is 643. The monoisotopic (exact) mass is 339 g/mol. The van der Waals surface area contributed by atoms with Crippen molar-refractivity contribution in [2.24, 2.45) is 0 Å². The molecule has 0 saturated heterocycles. The fraction of sp³-hybridized carbons (Fsp3) is 0.500. The van der Waals surface area contributed by atoms with Crippen LogP contribution in [0.1, 0.15) is 43.2 Å². The lowest BCUT2D eigenvalue weighted by atomic mass is 9.82. The van der Waals surface area contributed by atoms with Gasteiger partial charge in [0, 0.05) is 19.7 Å². The van der Waals surface area contributed by atoms with E-state index in [4.69, 9.17) is 4.74 Å². The SMILES string of the molecule is CN(Cc1ccc(C(F)(F)F)cc1)C1=CC(=O)OC12CCCCC2. The second kappa shape index (κ2) is 6.15. The van der Waals surface area contributed by atoms with Gasteiger partial charge in [-0.05, 0) is 43.4 Å². The summed E-state index contributed by atoms with van der Waals surface area (Å²) in [6.07, 6.45) is 1.97. The second-order valence-corrected chi connectivity index (χ2v) is 6.56. The van der Waals surface area contributed by atoms with E-state index in [9.17, 15) is 18.0 Å². The van der Waals surface area contributed by atoms with Crippen LogP contribution in [-0.2, 0) is 22.3 Å². The molecule has 0 bridgehead atoms. The molecule has 2 aliphatic rings. The lowest BCUT2D eigenvalue weighted by Gasteiger charge is -2.38. The van der Waals surface area contributed by atoms with Crippen molar-refractivity contribution in [3.05, 3.63) is 47.2 Å². The third-order valence-corrected chi connectivity index (χ3v) is 4.79. The molecule has 1 heterocycles. The fourth-order valence-electron chi connectivity index (χ4n) is 3.61. The Kier molecular flexibility index (Phi) is 4.32. The highest BCUT2D eigenvalue weighted by atomic mass is 19.4. The number of esters is 1. The third kappa shape index (κ3) is 3.28. The van der Waals surface area contributed by atoms with Crippen LogP contribution in [0.4, 0.5) is 13.2 Å². The van der Waals surface area contributed by atoms with Crippen LogP contribution in [0.3, 0.4) is 0 Å². The van der Waals surface area contributed by atoms with Crippen LogP contribution in [0.2, 0.25) is 0 Å². The largest absolute Gasteiger partial charge is 0.449 e. The first kappa shape index (κ1) is 16.9. The summed E-state index contributed by atoms with van der Waals surface area (Å²) in [4.78, 5) is 13.7. The highest BCUT2D eigenvalue weighted by molar-refractivity contribution is 5.86. The average Bonchev–Trinajstić information content (AvgIpc) is 2.83. The standard InChI is InChI=1S/C18H20F3NO2/c1-22(12-13-5-7-14(8-6-13)18(19,20)21)15-11-16(23)24-17(15)9-3-2-4-10-17/h5-8,11H,2-4,9-10,12H2,1H3. The summed E-state index contributed by atoms with van der Waals surface area (Å²) in [5.74, 6) is -0.328. The van der Waals surface area contributed by atoms with Gasteiger partial charge in [0.15, 0.2) is 5.60 Å². The van der Waals surface area contributed by atoms with Gasteiger partial charge in [-0.25, -0.2) is 4.79 Å². The number of rotatable bonds is 3. The van der Waals surface area contributed by atoms with Gasteiger partial charge in [0.2, 0.25) is 0 Å². The molecular weight excluding hydrogens is 319 g/mol. The van der Waals surface area contributed by atoms with E-state index in [2.05, 4.69) is 0 Å². The zero-order valence-corrected chi connectivity index (χ0v) is 13.5. The lowest BCUT2D eigenvalue weighted by molar-refractivity contribution is -0.149. The maximum Gasteiger partial charge on any atom is 0.416 e. The van der Waals surface area contributed by atoms with Gasteiger partial charge in [0.1, 0.15) is 0 Å². The minimum atomic E-state index is -4.33. The number of hydrogen-bond acceptors (Lipinski definition) is 3. The molecule has 3 nitrogen and oxygen atoms in total. The molecule has 6 heteroatoms. The number of likely N-dealkylation sites (N-methyl/N-ethyl adjacent to an activating group) is 1. The third-order valence-electron chi connectivity index (χ3n) is 4.79. The van der Waals surface area contributed by atoms with Crippen molar-refractivity contribution in [2.45, 2.75) is 50.4 Å². The topological polar surface area (TPSA) is 29.5 Å². The zero-order valence-electron chi connectivity index (χ0n) is 13.5. The van der Waals surface area contributed by atoms with Crippen LogP contribution < -0.4 is 0 Å². The maximum absolute atomic E-state index is 12.6. The predicted molar refractivity (Wildman–Crippen MR) is 82.9 cm³/mol. The van der Waals surface area contributed by atoms with Crippen molar-refractivity contribution in [1.82, 2.24) is 4.90 Å². The van der Waals surface area contributed by atoms with Gasteiger partial charge in [0.05, 0.1) is 11.3 Å². The van der Waals surface area contributed by atoms with Gasteiger partial charge >= 0.3 is 12.1 Å². The molecule has 1 spiro atoms. The molecule has 1 aliphatic heterocycles. The number of halogens is 3. The second-order valence-electron chi connectivity index (χ2n) is 6.56. The van der Waals surface area contributed by atoms with Gasteiger partial charge in [-0.15, -0.1) is 0 Å². The molecule has 0 amide bonds. The first-order valence-corrected chi connectivity index (χ1v) is 8.13. The highest BCUT2D eigenvalue weighted by Gasteiger charge is 2.45. The highest BCUT2D eigenvalue weighted by Crippen LogP contribution is 2.42. The van der Waals surface area contributed by atoms with Gasteiger partial charge in [-0.1, -0.05) is 18.6 Å². The summed E-state index contributed by atoms with van der Waals surface area (Å²) >= 11 is 0. The smallest absolute Gasteiger partial charge is 0.416 e. The summed E-state index contributed by atoms with van der Waals surface area (Å²) in [7, 11) is 1.85. The van der Waals surface area contributed by atoms with Crippen LogP contribution in [0.5, 0.6) is 0 Å². The number of carbonyl (C=O) groups excluding carboxylic acids is 1. The summed E-state index contributed by atoms with van der Waals surface area (Å²) in [5.41, 5.74) is 0.399. The van der Waals surface area contributed by atoms with E-state index in [0.29, 0.717) is 6.54 Å². The van der Waals surface area contributed by atoms with E-state index in [1.54, 1.807) is 0 Å². The number of nitrogens with zero attached hydrogens (tertiary/aromatic N) is 1. The molecule has 3 rings (SSSR count). The number of hydrogen-bond donors (Lipinski definition) is 0. The normalized spacial score (nSPS) is 20.0. The van der Waals surface area contributed by atoms with Crippen molar-refractivity contribution in [3.63, 3.8) is 0 Å². The molecule has 1 aliphatic carbocycles. The predicted octanol–water partition coefficient (Wildman–Crippen LogP) is 4.28. The van der Waals surface area contributed by atoms with Crippen molar-refractivity contribution in [2.75, 3.05) is 7.05 Å². The zero-order chi connectivity index (χ0) is 17.4. The molecule has 1 saturated carbocycles. The Morgan fingerprint density at radius 3 is 2.33 bits per heavy atom. The Morgan fingerprint density at radius 1 is 1.12 bits per heavy atom. The Morgan fingerprint density at radius 2 is 1.75 bits per heavy atom. The molecule has 0 N–H and O–H groups in total. The minimum absolute atomic E-state index is 0.328. The first-order valence-electron chi connectivity index (χ1n) is 8.13. The quantitative estimate of drug-likeness (QED) is 0.770. The van der Waals surface area contributed by atoms with Crippen LogP contribution in [-0.4, -0.2) is 23.5 Å². The molecule has 24 heavy (non-hydrogen) atoms. The Labute approximate surface area is 139 Å². The van der Waals surface area contributed by atoms with Crippen molar-refractivity contribution in [3.8, 4) is 0 Å². The van der Waals surface area contributed by atoms with Crippen LogP contribution in [0.15, 0.2) is 36.0 Å². The van der Waals surface area contributed by atoms with Gasteiger partial charge in [-0.2, -0.15) is 13.2 Å². The van der Waals surface area contributed by atoms with Crippen molar-refractivity contribution < 1.29 is 22.7 Å². The molecule has 1 fully saturated rings. The van der Waals surface area contributed by atoms with Gasteiger partial charge in [-0.3, -0.25) is 0 Å². The van der Waals surface area contributed by atoms with Crippen LogP contribution >= 0.6 is 0 Å². The van der Waals surface area contributed by atoms with E-state index in [-0.39, 0.29) is 5.97 Å². The van der Waals surface area contributed by atoms with E-state index in [1.165, 1.54) is 18.2 Å². The molecule has 1 aromatic carbocycles. The maximum atomic E-state index is 12.6. The number of benzene rings is 1. The number of ether oxygens (including phenoxy) is 1. The molecule has 0 radical (unpaired) electrons. The van der Waals surface area contributed by atoms with E-state index >= 15 is 0 Å². The molecule has 0 aromatic heterocycles. The Balaban J connectivity index is 1.75. The average molecular weight is 339 g/mol. The molecular formula is C18H20F3NO2. The van der Waals surface area contributed by atoms with Crippen molar-refractivity contribution >= 4 is 5.97 Å². The lowest BCUT2D eigenvalue weighted by Crippen LogP contribution is -2.40. The van der Waals surface area contributed by atoms with Gasteiger partial charge < -0.3 is 9.64 Å². The summed E-state index contributed by atoms with van der Waals surface area (Å²) in [6, 6.07) is 5.13. The summed E-state index contributed by atoms with van der Waals surface area (Å²) in [6.45, 7) is 0.433. The van der Waals surface area contributed by atoms with E-state index < -0.39 is 17.3 Å². The first-order chi connectivity index (χ1) is 11.3. The molecule has 0 unspecified atom stereocenters. The number of carbonyl (C=O) groups is 1. The molecule has 1 aromatic rings. The minimum Gasteiger partial charge on any atom is -0.449 e. The molecule has 0 atom stereocenters. The summed E-state index contributed by atoms with van der Waals surface area (Å²) in [5, 5.41) is 0. The van der Waals surface area contributed by atoms with Gasteiger partial charge in [0.25, 0.3) is 0 Å². The number of alkyl halides is 3. The van der Waals surface area contributed by atoms with Crippen LogP contribution in [0, 0.1) is 0 Å².